The molecule has 0 saturated carbocycles. The molecular weight excluding hydrogens is 2140 g/mol. The molecule has 0 unspecified atom stereocenters. The van der Waals surface area contributed by atoms with Crippen LogP contribution in [0.5, 0.6) is 0 Å². The van der Waals surface area contributed by atoms with Crippen molar-refractivity contribution in [3.63, 3.8) is 0 Å². The van der Waals surface area contributed by atoms with Crippen LogP contribution < -0.4 is 0 Å². The Hall–Kier alpha value is 3.01. The van der Waals surface area contributed by atoms with Gasteiger partial charge in [0.05, 0.1) is 317 Å². The Balaban J connectivity index is -0.000000172. The maximum Gasteiger partial charge on any atom is 1.00 e. The van der Waals surface area contributed by atoms with Gasteiger partial charge in [0, 0.05) is 78.5 Å². The van der Waals surface area contributed by atoms with E-state index in [-0.39, 0.29) is 127 Å². The summed E-state index contributed by atoms with van der Waals surface area (Å²) >= 11 is 60.1. The van der Waals surface area contributed by atoms with Gasteiger partial charge in [-0.25, -0.2) is 0 Å². The van der Waals surface area contributed by atoms with Crippen LogP contribution in [-0.4, -0.2) is 457 Å². The first-order valence-corrected chi connectivity index (χ1v) is 42.5. The topological polar surface area (TPSA) is 258 Å². The number of ether oxygens (including phenoxy) is 24. The van der Waals surface area contributed by atoms with Crippen molar-refractivity contribution in [2.75, 3.05) is 396 Å². The monoisotopic (exact) mass is 2260 g/mol. The minimum Gasteiger partial charge on any atom is -1.00 e. The number of hydrogen-bond acceptors (Lipinski definition) is 37. The molecule has 0 radical (unpaired) electrons. The number of hydrogen-bond donors (Lipinski definition) is 0. The van der Waals surface area contributed by atoms with Crippen LogP contribution in [0.4, 0.5) is 0 Å². The first-order chi connectivity index (χ1) is 54.6. The minimum absolute atomic E-state index is 0. The molecule has 50 heteroatoms. The third kappa shape index (κ3) is 103. The maximum atomic E-state index is 9.44. The molecule has 0 N–H and O–H groups in total. The van der Waals surface area contributed by atoms with Gasteiger partial charge < -0.3 is 298 Å². The summed E-state index contributed by atoms with van der Waals surface area (Å²) in [6.07, 6.45) is 0. The average Bonchev–Trinajstić information content (AvgIpc) is 1.03. The van der Waals surface area contributed by atoms with Crippen LogP contribution in [0.3, 0.4) is 0 Å². The molecule has 6 heterocycles. The van der Waals surface area contributed by atoms with Crippen molar-refractivity contribution in [2.24, 2.45) is 0 Å². The normalized spacial score (nSPS) is 20.1. The molecule has 6 rings (SSSR count). The maximum absolute atomic E-state index is 9.44. The van der Waals surface area contributed by atoms with E-state index >= 15 is 0 Å². The fourth-order valence-electron chi connectivity index (χ4n) is 8.43. The predicted octanol–water partition coefficient (Wildman–Crippen LogP) is 1.89. The first kappa shape index (κ1) is 137. The largest absolute Gasteiger partial charge is 1.00 e. The van der Waals surface area contributed by atoms with Gasteiger partial charge in [0.25, 0.3) is 0 Å². The number of nitrogens with zero attached hydrogens (tertiary/aromatic N) is 6. The number of Topliss-reactive ketones (excluding diaryl/α,β-unsaturated/α-hetero) is 1. The Kier molecular flexibility index (Phi) is 127. The SMILES string of the molecule is CC(C)=O.S=C([S-])N1CCOCCOCCOCCOCC1.S=C([S-])N1CCOCCOCCOCCOCC1.S=C([S-])N1CCOCCOCCOCCOCC1.S=C([S-])N1CCOCCOCCOCCOCC1.S=C([S-])N1CCOCCOCCOCCOCC1.S=C([S-])N1CCOCCOCCOCCOCC1.[Cu+].[Cu+].[Cu+].[Cu+].[Cu+].[Cu+].[Cu+].[H-]. The van der Waals surface area contributed by atoms with Crippen LogP contribution in [-0.2, 0) is 314 Å². The molecule has 0 amide bonds. The standard InChI is InChI=1S/6C11H21NO4S2.C3H6O.7Cu.H/c6*17-11(18)12-1-3-13-5-7-15-9-10-16-8-6-14-4-2-12;1-3(2)4;;;;;;;;/h6*1-10H2,(H,17,18);1-2H3;;;;;;;;/q;;;;;;;7*+1;-1/p-6. The fourth-order valence-corrected chi connectivity index (χ4v) is 10.6. The molecule has 31 nitrogen and oxygen atoms in total. The number of thiocarbonyl (C=S) groups is 6. The summed E-state index contributed by atoms with van der Waals surface area (Å²) in [6.45, 7) is 39.5. The molecule has 0 spiro atoms. The molecule has 732 valence electrons. The van der Waals surface area contributed by atoms with E-state index in [1.165, 1.54) is 13.8 Å². The van der Waals surface area contributed by atoms with Crippen molar-refractivity contribution in [1.29, 1.82) is 0 Å². The molecule has 6 aliphatic rings. The summed E-state index contributed by atoms with van der Waals surface area (Å²) in [6, 6.07) is 0. The Bertz CT molecular complexity index is 1790. The molecule has 0 atom stereocenters. The van der Waals surface area contributed by atoms with Crippen molar-refractivity contribution >= 4 is 181 Å². The van der Waals surface area contributed by atoms with Crippen molar-refractivity contribution in [3.05, 3.63) is 0 Å². The van der Waals surface area contributed by atoms with Crippen LogP contribution in [0.2, 0.25) is 0 Å². The van der Waals surface area contributed by atoms with Crippen molar-refractivity contribution in [1.82, 2.24) is 29.4 Å². The number of rotatable bonds is 0. The van der Waals surface area contributed by atoms with Gasteiger partial charge in [-0.1, -0.05) is 25.9 Å². The van der Waals surface area contributed by atoms with Gasteiger partial charge in [0.1, 0.15) is 5.78 Å². The molecular formula is C69H127Cu7N6O25S12. The van der Waals surface area contributed by atoms with E-state index in [2.05, 4.69) is 0 Å². The van der Waals surface area contributed by atoms with Gasteiger partial charge in [0.2, 0.25) is 0 Å². The molecule has 6 aliphatic heterocycles. The van der Waals surface area contributed by atoms with E-state index in [4.69, 9.17) is 263 Å². The van der Waals surface area contributed by atoms with Gasteiger partial charge in [-0.3, -0.25) is 0 Å². The van der Waals surface area contributed by atoms with Gasteiger partial charge in [-0.15, -0.1) is 0 Å². The van der Waals surface area contributed by atoms with E-state index in [0.29, 0.717) is 422 Å². The van der Waals surface area contributed by atoms with Crippen molar-refractivity contribution in [2.45, 2.75) is 13.8 Å². The van der Waals surface area contributed by atoms with Crippen LogP contribution in [0.1, 0.15) is 15.3 Å². The van der Waals surface area contributed by atoms with Crippen LogP contribution in [0.15, 0.2) is 0 Å². The zero-order valence-corrected chi connectivity index (χ0v) is 84.2. The first-order valence-electron chi connectivity index (χ1n) is 37.6. The molecule has 0 aromatic heterocycles. The number of carbonyl (C=O) groups excluding carboxylic acids is 1. The van der Waals surface area contributed by atoms with Crippen LogP contribution in [0, 0.1) is 0 Å². The zero-order valence-electron chi connectivity index (χ0n) is 68.8. The zero-order chi connectivity index (χ0) is 81.9. The molecule has 119 heavy (non-hydrogen) atoms. The number of ketones is 1. The smallest absolute Gasteiger partial charge is 1.00 e. The van der Waals surface area contributed by atoms with Gasteiger partial charge in [-0.05, 0) is 13.8 Å². The molecule has 6 fully saturated rings. The second-order valence-electron chi connectivity index (χ2n) is 23.1. The summed E-state index contributed by atoms with van der Waals surface area (Å²) < 4.78 is 132. The molecule has 0 aromatic carbocycles. The summed E-state index contributed by atoms with van der Waals surface area (Å²) in [5, 5.41) is 0. The summed E-state index contributed by atoms with van der Waals surface area (Å²) in [5.74, 6) is 0.167. The van der Waals surface area contributed by atoms with E-state index in [0.717, 1.165) is 0 Å². The third-order valence-electron chi connectivity index (χ3n) is 14.3. The Morgan fingerprint density at radius 3 is 0.269 bits per heavy atom. The van der Waals surface area contributed by atoms with Gasteiger partial charge in [-0.2, -0.15) is 0 Å². The minimum atomic E-state index is 0. The molecule has 0 aliphatic carbocycles. The second-order valence-corrected chi connectivity index (χ2v) is 29.3. The summed E-state index contributed by atoms with van der Waals surface area (Å²) in [5.41, 5.74) is 0. The van der Waals surface area contributed by atoms with Crippen LogP contribution >= 0.6 is 73.3 Å². The number of carbonyl (C=O) groups is 1. The quantitative estimate of drug-likeness (QED) is 0.191. The second kappa shape index (κ2) is 110. The molecule has 6 saturated heterocycles. The summed E-state index contributed by atoms with van der Waals surface area (Å²) in [7, 11) is 0. The molecule has 0 bridgehead atoms. The van der Waals surface area contributed by atoms with E-state index in [1.54, 1.807) is 0 Å². The van der Waals surface area contributed by atoms with Gasteiger partial charge >= 0.3 is 119 Å². The Morgan fingerprint density at radius 2 is 0.218 bits per heavy atom. The Labute approximate surface area is 850 Å². The Morgan fingerprint density at radius 1 is 0.168 bits per heavy atom. The summed E-state index contributed by atoms with van der Waals surface area (Å²) in [4.78, 5) is 20.9. The fraction of sp³-hybridized carbons (Fsp3) is 0.899. The molecule has 0 aromatic rings. The van der Waals surface area contributed by atoms with Crippen molar-refractivity contribution in [3.8, 4) is 0 Å². The van der Waals surface area contributed by atoms with E-state index < -0.39 is 0 Å². The predicted molar refractivity (Wildman–Crippen MR) is 466 cm³/mol. The van der Waals surface area contributed by atoms with Crippen molar-refractivity contribution < 1.29 is 239 Å². The van der Waals surface area contributed by atoms with Gasteiger partial charge in [0.15, 0.2) is 0 Å². The van der Waals surface area contributed by atoms with E-state index in [9.17, 15) is 4.79 Å². The van der Waals surface area contributed by atoms with Crippen LogP contribution in [0.25, 0.3) is 0 Å². The average molecular weight is 2270 g/mol. The third-order valence-corrected chi connectivity index (χ3v) is 17.4. The van der Waals surface area contributed by atoms with E-state index in [1.807, 2.05) is 29.4 Å².